The lowest BCUT2D eigenvalue weighted by atomic mass is 9.93. The minimum Gasteiger partial charge on any atom is -0.396 e. The maximum absolute atomic E-state index is 8.63. The third kappa shape index (κ3) is 4.10. The molecule has 1 heterocycles. The quantitative estimate of drug-likeness (QED) is 0.661. The molecule has 0 aromatic rings. The molecule has 0 unspecified atom stereocenters. The van der Waals surface area contributed by atoms with E-state index in [2.05, 4.69) is 18.7 Å². The molecule has 0 amide bonds. The first-order chi connectivity index (χ1) is 6.14. The fourth-order valence-corrected chi connectivity index (χ4v) is 2.04. The van der Waals surface area contributed by atoms with E-state index in [1.807, 2.05) is 0 Å². The van der Waals surface area contributed by atoms with Crippen LogP contribution in [0.3, 0.4) is 0 Å². The molecule has 0 radical (unpaired) electrons. The molecule has 0 bridgehead atoms. The van der Waals surface area contributed by atoms with Gasteiger partial charge in [0.05, 0.1) is 0 Å². The van der Waals surface area contributed by atoms with Crippen LogP contribution >= 0.6 is 0 Å². The van der Waals surface area contributed by atoms with Crippen LogP contribution in [0, 0.1) is 5.41 Å². The predicted molar refractivity (Wildman–Crippen MR) is 55.8 cm³/mol. The minimum atomic E-state index is 0.353. The number of hydrogen-bond donors (Lipinski definition) is 1. The van der Waals surface area contributed by atoms with Crippen molar-refractivity contribution in [3.05, 3.63) is 0 Å². The van der Waals surface area contributed by atoms with E-state index in [0.29, 0.717) is 12.0 Å². The van der Waals surface area contributed by atoms with Crippen LogP contribution in [0.2, 0.25) is 0 Å². The van der Waals surface area contributed by atoms with Crippen molar-refractivity contribution in [2.24, 2.45) is 5.41 Å². The number of aliphatic hydroxyl groups excluding tert-OH is 1. The van der Waals surface area contributed by atoms with Gasteiger partial charge < -0.3 is 10.0 Å². The smallest absolute Gasteiger partial charge is 0.0431 e. The van der Waals surface area contributed by atoms with Gasteiger partial charge in [0, 0.05) is 13.2 Å². The van der Waals surface area contributed by atoms with E-state index in [0.717, 1.165) is 6.42 Å². The number of unbranched alkanes of at least 4 members (excludes halogenated alkanes) is 2. The van der Waals surface area contributed by atoms with Crippen LogP contribution in [0.4, 0.5) is 0 Å². The lowest BCUT2D eigenvalue weighted by Crippen LogP contribution is -2.24. The second-order valence-corrected chi connectivity index (χ2v) is 4.97. The second kappa shape index (κ2) is 4.97. The van der Waals surface area contributed by atoms with Crippen molar-refractivity contribution in [3.63, 3.8) is 0 Å². The van der Waals surface area contributed by atoms with Gasteiger partial charge in [-0.25, -0.2) is 0 Å². The zero-order valence-electron chi connectivity index (χ0n) is 9.05. The Balaban J connectivity index is 2.04. The standard InChI is InChI=1S/C11H23NO/c1-11(2)6-8-12(10-11)7-4-3-5-9-13/h13H,3-10H2,1-2H3. The van der Waals surface area contributed by atoms with E-state index in [1.54, 1.807) is 0 Å². The van der Waals surface area contributed by atoms with Gasteiger partial charge >= 0.3 is 0 Å². The largest absolute Gasteiger partial charge is 0.396 e. The summed E-state index contributed by atoms with van der Waals surface area (Å²) in [5, 5.41) is 8.63. The highest BCUT2D eigenvalue weighted by atomic mass is 16.2. The Labute approximate surface area is 81.9 Å². The van der Waals surface area contributed by atoms with Crippen LogP contribution in [-0.2, 0) is 0 Å². The van der Waals surface area contributed by atoms with E-state index in [-0.39, 0.29) is 0 Å². The molecule has 0 aliphatic carbocycles. The lowest BCUT2D eigenvalue weighted by molar-refractivity contribution is 0.263. The Hall–Kier alpha value is -0.0800. The first kappa shape index (κ1) is 11.0. The van der Waals surface area contributed by atoms with Gasteiger partial charge in [-0.1, -0.05) is 13.8 Å². The number of nitrogens with zero attached hydrogens (tertiary/aromatic N) is 1. The summed E-state index contributed by atoms with van der Waals surface area (Å²) in [5.74, 6) is 0. The summed E-state index contributed by atoms with van der Waals surface area (Å²) in [6, 6.07) is 0. The fourth-order valence-electron chi connectivity index (χ4n) is 2.04. The van der Waals surface area contributed by atoms with Crippen LogP contribution < -0.4 is 0 Å². The number of likely N-dealkylation sites (tertiary alicyclic amines) is 1. The van der Waals surface area contributed by atoms with E-state index in [9.17, 15) is 0 Å². The van der Waals surface area contributed by atoms with Crippen LogP contribution in [0.5, 0.6) is 0 Å². The highest BCUT2D eigenvalue weighted by Gasteiger charge is 2.28. The van der Waals surface area contributed by atoms with Crippen LogP contribution in [0.15, 0.2) is 0 Å². The van der Waals surface area contributed by atoms with Gasteiger partial charge in [0.15, 0.2) is 0 Å². The first-order valence-electron chi connectivity index (χ1n) is 5.47. The maximum Gasteiger partial charge on any atom is 0.0431 e. The molecule has 0 atom stereocenters. The Kier molecular flexibility index (Phi) is 4.20. The van der Waals surface area contributed by atoms with Crippen molar-refractivity contribution in [2.45, 2.75) is 39.5 Å². The molecule has 2 heteroatoms. The molecule has 78 valence electrons. The molecule has 0 aromatic carbocycles. The highest BCUT2D eigenvalue weighted by Crippen LogP contribution is 2.28. The summed E-state index contributed by atoms with van der Waals surface area (Å²) < 4.78 is 0. The highest BCUT2D eigenvalue weighted by molar-refractivity contribution is 4.82. The summed E-state index contributed by atoms with van der Waals surface area (Å²) in [4.78, 5) is 2.55. The fraction of sp³-hybridized carbons (Fsp3) is 1.00. The molecule has 1 aliphatic rings. The van der Waals surface area contributed by atoms with Gasteiger partial charge in [0.1, 0.15) is 0 Å². The molecule has 0 saturated carbocycles. The predicted octanol–water partition coefficient (Wildman–Crippen LogP) is 1.88. The first-order valence-corrected chi connectivity index (χ1v) is 5.47. The second-order valence-electron chi connectivity index (χ2n) is 4.97. The average molecular weight is 185 g/mol. The third-order valence-corrected chi connectivity index (χ3v) is 2.89. The average Bonchev–Trinajstić information content (AvgIpc) is 2.40. The summed E-state index contributed by atoms with van der Waals surface area (Å²) in [6.07, 6.45) is 4.73. The summed E-state index contributed by atoms with van der Waals surface area (Å²) in [6.45, 7) is 8.80. The topological polar surface area (TPSA) is 23.5 Å². The minimum absolute atomic E-state index is 0.353. The van der Waals surface area contributed by atoms with E-state index in [1.165, 1.54) is 38.9 Å². The molecule has 1 saturated heterocycles. The summed E-state index contributed by atoms with van der Waals surface area (Å²) in [7, 11) is 0. The molecule has 2 nitrogen and oxygen atoms in total. The van der Waals surface area contributed by atoms with Gasteiger partial charge in [-0.3, -0.25) is 0 Å². The Morgan fingerprint density at radius 3 is 2.54 bits per heavy atom. The van der Waals surface area contributed by atoms with Gasteiger partial charge in [-0.15, -0.1) is 0 Å². The maximum atomic E-state index is 8.63. The molecular weight excluding hydrogens is 162 g/mol. The van der Waals surface area contributed by atoms with E-state index < -0.39 is 0 Å². The molecule has 1 N–H and O–H groups in total. The molecule has 1 fully saturated rings. The van der Waals surface area contributed by atoms with Gasteiger partial charge in [0.2, 0.25) is 0 Å². The van der Waals surface area contributed by atoms with Gasteiger partial charge in [0.25, 0.3) is 0 Å². The molecule has 1 rings (SSSR count). The van der Waals surface area contributed by atoms with Gasteiger partial charge in [-0.2, -0.15) is 0 Å². The third-order valence-electron chi connectivity index (χ3n) is 2.89. The van der Waals surface area contributed by atoms with Crippen LogP contribution in [-0.4, -0.2) is 36.2 Å². The summed E-state index contributed by atoms with van der Waals surface area (Å²) >= 11 is 0. The van der Waals surface area contributed by atoms with Crippen molar-refractivity contribution in [3.8, 4) is 0 Å². The van der Waals surface area contributed by atoms with E-state index in [4.69, 9.17) is 5.11 Å². The normalized spacial score (nSPS) is 22.4. The monoisotopic (exact) mass is 185 g/mol. The molecule has 0 aromatic heterocycles. The lowest BCUT2D eigenvalue weighted by Gasteiger charge is -2.19. The number of rotatable bonds is 5. The van der Waals surface area contributed by atoms with Crippen molar-refractivity contribution >= 4 is 0 Å². The van der Waals surface area contributed by atoms with E-state index >= 15 is 0 Å². The Morgan fingerprint density at radius 1 is 1.23 bits per heavy atom. The molecule has 1 aliphatic heterocycles. The van der Waals surface area contributed by atoms with Crippen LogP contribution in [0.1, 0.15) is 39.5 Å². The zero-order chi connectivity index (χ0) is 9.73. The van der Waals surface area contributed by atoms with Crippen molar-refractivity contribution < 1.29 is 5.11 Å². The van der Waals surface area contributed by atoms with Gasteiger partial charge in [-0.05, 0) is 44.2 Å². The number of hydrogen-bond acceptors (Lipinski definition) is 2. The Bertz CT molecular complexity index is 145. The molecule has 13 heavy (non-hydrogen) atoms. The van der Waals surface area contributed by atoms with Crippen molar-refractivity contribution in [2.75, 3.05) is 26.2 Å². The van der Waals surface area contributed by atoms with Crippen molar-refractivity contribution in [1.29, 1.82) is 0 Å². The molecular formula is C11H23NO. The summed E-state index contributed by atoms with van der Waals surface area (Å²) in [5.41, 5.74) is 0.539. The zero-order valence-corrected chi connectivity index (χ0v) is 9.05. The van der Waals surface area contributed by atoms with Crippen LogP contribution in [0.25, 0.3) is 0 Å². The van der Waals surface area contributed by atoms with Crippen molar-refractivity contribution in [1.82, 2.24) is 4.90 Å². The Morgan fingerprint density at radius 2 is 2.00 bits per heavy atom. The molecule has 0 spiro atoms. The SMILES string of the molecule is CC1(C)CCN(CCCCCO)C1. The number of aliphatic hydroxyl groups is 1.